The predicted octanol–water partition coefficient (Wildman–Crippen LogP) is 1.00. The Hall–Kier alpha value is -0.610. The largest absolute Gasteiger partial charge is 0.372 e. The molecule has 0 aliphatic rings. The quantitative estimate of drug-likeness (QED) is 0.585. The van der Waals surface area contributed by atoms with E-state index in [1.165, 1.54) is 0 Å². The van der Waals surface area contributed by atoms with E-state index in [-0.39, 0.29) is 12.5 Å². The van der Waals surface area contributed by atoms with Gasteiger partial charge in [0.25, 0.3) is 0 Å². The van der Waals surface area contributed by atoms with E-state index in [4.69, 9.17) is 10.5 Å². The molecule has 0 radical (unpaired) electrons. The minimum absolute atomic E-state index is 0.0822. The van der Waals surface area contributed by atoms with Gasteiger partial charge in [-0.05, 0) is 25.8 Å². The molecule has 4 nitrogen and oxygen atoms in total. The van der Waals surface area contributed by atoms with Crippen molar-refractivity contribution in [2.24, 2.45) is 5.73 Å². The zero-order valence-electron chi connectivity index (χ0n) is 10.00. The van der Waals surface area contributed by atoms with Crippen LogP contribution in [0.25, 0.3) is 0 Å². The average Bonchev–Trinajstić information content (AvgIpc) is 2.24. The molecule has 0 fully saturated rings. The van der Waals surface area contributed by atoms with E-state index in [9.17, 15) is 4.79 Å². The highest BCUT2D eigenvalue weighted by Gasteiger charge is 2.11. The summed E-state index contributed by atoms with van der Waals surface area (Å²) in [7, 11) is 0. The summed E-state index contributed by atoms with van der Waals surface area (Å²) in [4.78, 5) is 13.5. The molecule has 4 heteroatoms. The summed E-state index contributed by atoms with van der Waals surface area (Å²) in [6.45, 7) is 7.13. The van der Waals surface area contributed by atoms with E-state index in [0.717, 1.165) is 32.4 Å². The fraction of sp³-hybridized carbons (Fsp3) is 0.909. The van der Waals surface area contributed by atoms with Crippen molar-refractivity contribution in [1.82, 2.24) is 4.90 Å². The highest BCUT2D eigenvalue weighted by atomic mass is 16.5. The minimum atomic E-state index is 0.0822. The van der Waals surface area contributed by atoms with E-state index in [0.29, 0.717) is 13.2 Å². The maximum absolute atomic E-state index is 11.7. The smallest absolute Gasteiger partial charge is 0.248 e. The van der Waals surface area contributed by atoms with Crippen LogP contribution in [0, 0.1) is 0 Å². The average molecular weight is 216 g/mol. The molecule has 0 aliphatic heterocycles. The summed E-state index contributed by atoms with van der Waals surface area (Å²) in [6, 6.07) is 0. The Morgan fingerprint density at radius 3 is 2.53 bits per heavy atom. The summed E-state index contributed by atoms with van der Waals surface area (Å²) >= 11 is 0. The van der Waals surface area contributed by atoms with Gasteiger partial charge in [0.2, 0.25) is 5.91 Å². The lowest BCUT2D eigenvalue weighted by Crippen LogP contribution is -2.36. The number of carbonyl (C=O) groups is 1. The Balaban J connectivity index is 3.81. The zero-order chi connectivity index (χ0) is 11.5. The van der Waals surface area contributed by atoms with Gasteiger partial charge >= 0.3 is 0 Å². The van der Waals surface area contributed by atoms with Gasteiger partial charge in [-0.15, -0.1) is 0 Å². The van der Waals surface area contributed by atoms with Crippen LogP contribution in [-0.2, 0) is 9.53 Å². The maximum Gasteiger partial charge on any atom is 0.248 e. The highest BCUT2D eigenvalue weighted by Crippen LogP contribution is 1.96. The molecule has 0 bridgehead atoms. The fourth-order valence-electron chi connectivity index (χ4n) is 1.31. The highest BCUT2D eigenvalue weighted by molar-refractivity contribution is 5.77. The van der Waals surface area contributed by atoms with Crippen LogP contribution in [0.15, 0.2) is 0 Å². The molecule has 2 N–H and O–H groups in total. The Morgan fingerprint density at radius 1 is 1.27 bits per heavy atom. The fourth-order valence-corrected chi connectivity index (χ4v) is 1.31. The molecule has 0 aromatic carbocycles. The molecule has 90 valence electrons. The third-order valence-corrected chi connectivity index (χ3v) is 2.05. The number of ether oxygens (including phenoxy) is 1. The topological polar surface area (TPSA) is 55.6 Å². The standard InChI is InChI=1S/C11H24N2O2/c1-3-7-13(8-5-6-12)11(14)10-15-9-4-2/h3-10,12H2,1-2H3. The van der Waals surface area contributed by atoms with Gasteiger partial charge in [0.1, 0.15) is 6.61 Å². The second-order valence-corrected chi connectivity index (χ2v) is 3.58. The third kappa shape index (κ3) is 7.33. The molecule has 15 heavy (non-hydrogen) atoms. The zero-order valence-corrected chi connectivity index (χ0v) is 10.00. The molecule has 0 saturated carbocycles. The minimum Gasteiger partial charge on any atom is -0.372 e. The van der Waals surface area contributed by atoms with Crippen LogP contribution in [0.1, 0.15) is 33.1 Å². The second-order valence-electron chi connectivity index (χ2n) is 3.58. The van der Waals surface area contributed by atoms with Gasteiger partial charge in [0.05, 0.1) is 0 Å². The molecule has 0 atom stereocenters. The van der Waals surface area contributed by atoms with Crippen molar-refractivity contribution in [2.45, 2.75) is 33.1 Å². The monoisotopic (exact) mass is 216 g/mol. The summed E-state index contributed by atoms with van der Waals surface area (Å²) in [5.74, 6) is 0.0822. The van der Waals surface area contributed by atoms with E-state index < -0.39 is 0 Å². The van der Waals surface area contributed by atoms with Gasteiger partial charge < -0.3 is 15.4 Å². The number of carbonyl (C=O) groups excluding carboxylic acids is 1. The Bertz CT molecular complexity index is 163. The first-order valence-corrected chi connectivity index (χ1v) is 5.81. The van der Waals surface area contributed by atoms with Crippen LogP contribution >= 0.6 is 0 Å². The van der Waals surface area contributed by atoms with Crippen molar-refractivity contribution >= 4 is 5.91 Å². The van der Waals surface area contributed by atoms with Gasteiger partial charge in [-0.25, -0.2) is 0 Å². The third-order valence-electron chi connectivity index (χ3n) is 2.05. The molecule has 0 rings (SSSR count). The summed E-state index contributed by atoms with van der Waals surface area (Å²) < 4.78 is 5.23. The molecule has 0 spiro atoms. The van der Waals surface area contributed by atoms with Crippen molar-refractivity contribution in [2.75, 3.05) is 32.8 Å². The van der Waals surface area contributed by atoms with Crippen molar-refractivity contribution in [3.8, 4) is 0 Å². The van der Waals surface area contributed by atoms with Gasteiger partial charge in [-0.3, -0.25) is 4.79 Å². The van der Waals surface area contributed by atoms with Crippen LogP contribution in [-0.4, -0.2) is 43.7 Å². The van der Waals surface area contributed by atoms with E-state index in [1.54, 1.807) is 0 Å². The molecular formula is C11H24N2O2. The summed E-state index contributed by atoms with van der Waals surface area (Å²) in [6.07, 6.45) is 2.79. The Morgan fingerprint density at radius 2 is 2.00 bits per heavy atom. The van der Waals surface area contributed by atoms with E-state index in [1.807, 2.05) is 11.8 Å². The molecule has 0 heterocycles. The first-order valence-electron chi connectivity index (χ1n) is 5.81. The van der Waals surface area contributed by atoms with Gasteiger partial charge in [0.15, 0.2) is 0 Å². The molecule has 0 aliphatic carbocycles. The lowest BCUT2D eigenvalue weighted by Gasteiger charge is -2.21. The number of hydrogen-bond donors (Lipinski definition) is 1. The van der Waals surface area contributed by atoms with Crippen molar-refractivity contribution < 1.29 is 9.53 Å². The molecule has 0 saturated heterocycles. The van der Waals surface area contributed by atoms with Crippen LogP contribution in [0.3, 0.4) is 0 Å². The number of nitrogens with zero attached hydrogens (tertiary/aromatic N) is 1. The predicted molar refractivity (Wildman–Crippen MR) is 61.7 cm³/mol. The Labute approximate surface area is 92.8 Å². The van der Waals surface area contributed by atoms with E-state index >= 15 is 0 Å². The molecular weight excluding hydrogens is 192 g/mol. The van der Waals surface area contributed by atoms with Crippen LogP contribution in [0.5, 0.6) is 0 Å². The van der Waals surface area contributed by atoms with Gasteiger partial charge in [0, 0.05) is 19.7 Å². The van der Waals surface area contributed by atoms with Crippen molar-refractivity contribution in [3.63, 3.8) is 0 Å². The molecule has 0 aromatic rings. The van der Waals surface area contributed by atoms with Crippen LogP contribution < -0.4 is 5.73 Å². The van der Waals surface area contributed by atoms with Crippen LogP contribution in [0.4, 0.5) is 0 Å². The second kappa shape index (κ2) is 9.93. The summed E-state index contributed by atoms with van der Waals surface area (Å²) in [5, 5.41) is 0. The lowest BCUT2D eigenvalue weighted by atomic mass is 10.3. The number of rotatable bonds is 9. The number of amides is 1. The maximum atomic E-state index is 11.7. The molecule has 1 amide bonds. The summed E-state index contributed by atoms with van der Waals surface area (Å²) in [5.41, 5.74) is 5.43. The Kier molecular flexibility index (Phi) is 9.52. The molecule has 0 unspecified atom stereocenters. The first kappa shape index (κ1) is 14.4. The SMILES string of the molecule is CCCOCC(=O)N(CCC)CCCN. The number of nitrogens with two attached hydrogens (primary N) is 1. The lowest BCUT2D eigenvalue weighted by molar-refractivity contribution is -0.136. The molecule has 0 aromatic heterocycles. The van der Waals surface area contributed by atoms with Gasteiger partial charge in [-0.1, -0.05) is 13.8 Å². The van der Waals surface area contributed by atoms with Crippen molar-refractivity contribution in [1.29, 1.82) is 0 Å². The van der Waals surface area contributed by atoms with Crippen molar-refractivity contribution in [3.05, 3.63) is 0 Å². The van der Waals surface area contributed by atoms with Crippen LogP contribution in [0.2, 0.25) is 0 Å². The van der Waals surface area contributed by atoms with Gasteiger partial charge in [-0.2, -0.15) is 0 Å². The van der Waals surface area contributed by atoms with E-state index in [2.05, 4.69) is 6.92 Å². The normalized spacial score (nSPS) is 10.3. The number of hydrogen-bond acceptors (Lipinski definition) is 3. The first-order chi connectivity index (χ1) is 7.26.